The number of aromatic nitrogens is 2. The monoisotopic (exact) mass is 1480 g/mol. The number of benzene rings is 16. The second-order valence-corrected chi connectivity index (χ2v) is 32.8. The Bertz CT molecular complexity index is 6710. The van der Waals surface area contributed by atoms with Crippen molar-refractivity contribution in [3.63, 3.8) is 0 Å². The van der Waals surface area contributed by atoms with E-state index in [1.807, 2.05) is 0 Å². The third-order valence-corrected chi connectivity index (χ3v) is 25.3. The second-order valence-electron chi connectivity index (χ2n) is 32.8. The molecule has 0 saturated carbocycles. The zero-order chi connectivity index (χ0) is 77.6. The van der Waals surface area contributed by atoms with Crippen LogP contribution in [0.25, 0.3) is 122 Å². The zero-order valence-electron chi connectivity index (χ0n) is 66.2. The number of hydrogen-bond acceptors (Lipinski definition) is 3. The first-order valence-electron chi connectivity index (χ1n) is 40.7. The summed E-state index contributed by atoms with van der Waals surface area (Å²) >= 11 is 0. The van der Waals surface area contributed by atoms with Crippen molar-refractivity contribution in [2.75, 3.05) is 16.9 Å². The predicted octanol–water partition coefficient (Wildman–Crippen LogP) is 29.9. The van der Waals surface area contributed by atoms with Crippen LogP contribution in [0.3, 0.4) is 0 Å². The molecule has 0 bridgehead atoms. The van der Waals surface area contributed by atoms with Gasteiger partial charge in [-0.25, -0.2) is 0 Å². The van der Waals surface area contributed by atoms with Crippen molar-refractivity contribution >= 4 is 77.7 Å². The molecule has 115 heavy (non-hydrogen) atoms. The highest BCUT2D eigenvalue weighted by molar-refractivity contribution is 6.12. The van der Waals surface area contributed by atoms with Crippen LogP contribution in [0.15, 0.2) is 370 Å². The lowest BCUT2D eigenvalue weighted by molar-refractivity contribution is 0.185. The van der Waals surface area contributed by atoms with Gasteiger partial charge in [-0.05, 0) is 264 Å². The van der Waals surface area contributed by atoms with Crippen molar-refractivity contribution in [2.45, 2.75) is 83.7 Å². The molecule has 0 aliphatic heterocycles. The maximum atomic E-state index is 5.61. The van der Waals surface area contributed by atoms with Crippen LogP contribution in [-0.4, -0.2) is 16.2 Å². The summed E-state index contributed by atoms with van der Waals surface area (Å²) in [6.45, 7) is 14.8. The minimum Gasteiger partial charge on any atom is -0.380 e. The van der Waals surface area contributed by atoms with Gasteiger partial charge in [0, 0.05) is 85.0 Å². The Morgan fingerprint density at radius 3 is 1.08 bits per heavy atom. The lowest BCUT2D eigenvalue weighted by Crippen LogP contribution is -2.17. The van der Waals surface area contributed by atoms with Crippen molar-refractivity contribution in [2.24, 2.45) is 0 Å². The SMILES string of the molecule is CCC(CC(C)c1ccc(-c2ccc(N(c3ccc(-c4ccc5c(c4)c4ccccc4n5-c4ccccc4)cc3)c3ccc4c(c3)C(C)(C)c3ccccc3-4)cc2)cc1)c1ccc(-c2ccc(N(c3ccc(-c4ccc5c(c4)c4ccccc4n5-c4ccccc4)cc3)c3ccc4c(c3)C(C)(C)c3cc(COC)ccc3-4)cc2)cc1. The number of anilines is 6. The van der Waals surface area contributed by atoms with E-state index < -0.39 is 0 Å². The van der Waals surface area contributed by atoms with E-state index in [9.17, 15) is 0 Å². The summed E-state index contributed by atoms with van der Waals surface area (Å²) in [5.74, 6) is 0.780. The molecule has 18 aromatic rings. The fraction of sp³-hybridized carbons (Fsp3) is 0.127. The first-order valence-corrected chi connectivity index (χ1v) is 40.7. The Hall–Kier alpha value is -13.3. The van der Waals surface area contributed by atoms with Crippen molar-refractivity contribution in [1.82, 2.24) is 9.13 Å². The van der Waals surface area contributed by atoms with Gasteiger partial charge >= 0.3 is 0 Å². The van der Waals surface area contributed by atoms with Crippen LogP contribution in [0, 0.1) is 0 Å². The molecule has 0 fully saturated rings. The molecular weight excluding hydrogens is 1390 g/mol. The minimum atomic E-state index is -0.206. The average molecular weight is 1480 g/mol. The summed E-state index contributed by atoms with van der Waals surface area (Å²) in [6.07, 6.45) is 2.12. The van der Waals surface area contributed by atoms with Crippen LogP contribution < -0.4 is 9.80 Å². The second kappa shape index (κ2) is 28.7. The Kier molecular flexibility index (Phi) is 17.7. The summed E-state index contributed by atoms with van der Waals surface area (Å²) in [7, 11) is 1.77. The molecule has 2 aliphatic carbocycles. The lowest BCUT2D eigenvalue weighted by Gasteiger charge is -2.28. The molecule has 2 unspecified atom stereocenters. The van der Waals surface area contributed by atoms with Gasteiger partial charge in [0.25, 0.3) is 0 Å². The molecule has 0 spiro atoms. The van der Waals surface area contributed by atoms with Crippen LogP contribution in [0.5, 0.6) is 0 Å². The Balaban J connectivity index is 0.548. The summed E-state index contributed by atoms with van der Waals surface area (Å²) in [6, 6.07) is 138. The number of rotatable bonds is 19. The van der Waals surface area contributed by atoms with Crippen molar-refractivity contribution in [3.05, 3.63) is 409 Å². The molecule has 20 rings (SSSR count). The number of para-hydroxylation sites is 4. The molecule has 16 aromatic carbocycles. The van der Waals surface area contributed by atoms with Crippen molar-refractivity contribution in [1.29, 1.82) is 0 Å². The fourth-order valence-electron chi connectivity index (χ4n) is 19.2. The quantitative estimate of drug-likeness (QED) is 0.0807. The Morgan fingerprint density at radius 1 is 0.296 bits per heavy atom. The zero-order valence-corrected chi connectivity index (χ0v) is 66.2. The minimum absolute atomic E-state index is 0.141. The van der Waals surface area contributed by atoms with E-state index >= 15 is 0 Å². The molecule has 5 heteroatoms. The highest BCUT2D eigenvalue weighted by Gasteiger charge is 2.38. The van der Waals surface area contributed by atoms with Gasteiger partial charge in [-0.3, -0.25) is 0 Å². The largest absolute Gasteiger partial charge is 0.380 e. The molecule has 0 radical (unpaired) electrons. The van der Waals surface area contributed by atoms with E-state index in [1.165, 1.54) is 149 Å². The molecule has 5 nitrogen and oxygen atoms in total. The summed E-state index contributed by atoms with van der Waals surface area (Å²) in [4.78, 5) is 4.86. The molecule has 0 saturated heterocycles. The third-order valence-electron chi connectivity index (χ3n) is 25.3. The molecule has 556 valence electrons. The first-order chi connectivity index (χ1) is 56.3. The number of fused-ring (bicyclic) bond motifs is 12. The van der Waals surface area contributed by atoms with E-state index in [-0.39, 0.29) is 10.8 Å². The third kappa shape index (κ3) is 12.4. The smallest absolute Gasteiger partial charge is 0.0713 e. The van der Waals surface area contributed by atoms with Gasteiger partial charge in [-0.15, -0.1) is 0 Å². The van der Waals surface area contributed by atoms with E-state index in [0.717, 1.165) is 58.3 Å². The van der Waals surface area contributed by atoms with Gasteiger partial charge in [-0.1, -0.05) is 278 Å². The molecule has 2 heterocycles. The summed E-state index contributed by atoms with van der Waals surface area (Å²) < 4.78 is 10.4. The fourth-order valence-corrected chi connectivity index (χ4v) is 19.2. The van der Waals surface area contributed by atoms with Crippen LogP contribution in [0.2, 0.25) is 0 Å². The molecule has 0 N–H and O–H groups in total. The maximum Gasteiger partial charge on any atom is 0.0713 e. The molecular formula is C110H90N4O. The van der Waals surface area contributed by atoms with Gasteiger partial charge in [0.15, 0.2) is 0 Å². The van der Waals surface area contributed by atoms with Crippen LogP contribution in [0.1, 0.15) is 105 Å². The Morgan fingerprint density at radius 2 is 0.635 bits per heavy atom. The van der Waals surface area contributed by atoms with Gasteiger partial charge in [0.1, 0.15) is 0 Å². The number of hydrogen-bond donors (Lipinski definition) is 0. The standard InChI is InChI=1S/C110H90N4O/c1-8-74(65-72(2)75-32-34-77(35-33-75)79-40-50-87(51-41-79)111(91-58-61-95-93-25-15-18-28-101(93)109(3,4)103(95)69-91)89-54-44-81(45-55-89)83-48-63-107-99(67-83)97-26-16-19-29-105(97)113(107)85-21-11-9-12-22-85)76-36-38-78(39-37-76)80-42-52-88(53-43-80)112(92-59-62-96-94-60-31-73(71-115-7)66-102(94)110(5,6)104(96)70-92)90-56-46-82(47-57-90)84-49-64-108-100(68-84)98-27-17-20-30-106(98)114(108)86-23-13-10-14-24-86/h9-64,66-70,72,74H,8,65,71H2,1-7H3. The normalized spacial score (nSPS) is 13.6. The van der Waals surface area contributed by atoms with Crippen LogP contribution in [-0.2, 0) is 22.2 Å². The number of nitrogens with zero attached hydrogens (tertiary/aromatic N) is 4. The van der Waals surface area contributed by atoms with Crippen LogP contribution in [0.4, 0.5) is 34.1 Å². The molecule has 2 aliphatic rings. The van der Waals surface area contributed by atoms with Crippen molar-refractivity contribution in [3.8, 4) is 78.1 Å². The van der Waals surface area contributed by atoms with E-state index in [4.69, 9.17) is 4.74 Å². The topological polar surface area (TPSA) is 25.6 Å². The summed E-state index contributed by atoms with van der Waals surface area (Å²) in [5.41, 5.74) is 37.6. The predicted molar refractivity (Wildman–Crippen MR) is 485 cm³/mol. The highest BCUT2D eigenvalue weighted by Crippen LogP contribution is 2.54. The van der Waals surface area contributed by atoms with Gasteiger partial charge in [0.2, 0.25) is 0 Å². The van der Waals surface area contributed by atoms with E-state index in [2.05, 4.69) is 431 Å². The Labute approximate surface area is 674 Å². The number of methoxy groups -OCH3 is 1. The van der Waals surface area contributed by atoms with E-state index in [0.29, 0.717) is 18.4 Å². The van der Waals surface area contributed by atoms with Crippen molar-refractivity contribution < 1.29 is 4.74 Å². The van der Waals surface area contributed by atoms with E-state index in [1.54, 1.807) is 7.11 Å². The van der Waals surface area contributed by atoms with Crippen LogP contribution >= 0.6 is 0 Å². The van der Waals surface area contributed by atoms with Gasteiger partial charge in [-0.2, -0.15) is 0 Å². The van der Waals surface area contributed by atoms with Gasteiger partial charge < -0.3 is 23.7 Å². The first kappa shape index (κ1) is 70.8. The lowest BCUT2D eigenvalue weighted by atomic mass is 9.82. The van der Waals surface area contributed by atoms with Gasteiger partial charge in [0.05, 0.1) is 28.7 Å². The number of ether oxygens (including phenoxy) is 1. The molecule has 2 aromatic heterocycles. The molecule has 2 atom stereocenters. The molecule has 0 amide bonds. The maximum absolute atomic E-state index is 5.61. The highest BCUT2D eigenvalue weighted by atomic mass is 16.5. The average Bonchev–Trinajstić information content (AvgIpc) is 1.59. The summed E-state index contributed by atoms with van der Waals surface area (Å²) in [5, 5.41) is 4.99.